The van der Waals surface area contributed by atoms with Gasteiger partial charge in [0, 0.05) is 25.8 Å². The van der Waals surface area contributed by atoms with Gasteiger partial charge in [-0.3, -0.25) is 14.2 Å². The number of carbonyl (C=O) groups excluding carboxylic acids is 1. The first-order chi connectivity index (χ1) is 13.3. The van der Waals surface area contributed by atoms with Crippen LogP contribution in [0.1, 0.15) is 33.5 Å². The number of pyridine rings is 1. The van der Waals surface area contributed by atoms with Crippen LogP contribution in [0.3, 0.4) is 0 Å². The van der Waals surface area contributed by atoms with Crippen molar-refractivity contribution in [3.05, 3.63) is 54.8 Å². The van der Waals surface area contributed by atoms with Crippen LogP contribution in [0.25, 0.3) is 0 Å². The van der Waals surface area contributed by atoms with Crippen LogP contribution < -0.4 is 10.3 Å². The first-order valence-corrected chi connectivity index (χ1v) is 8.97. The zero-order valence-electron chi connectivity index (χ0n) is 15.5. The highest BCUT2D eigenvalue weighted by atomic mass is 35.5. The maximum absolute atomic E-state index is 13.1. The second kappa shape index (κ2) is 9.11. The highest BCUT2D eigenvalue weighted by molar-refractivity contribution is 6.38. The fourth-order valence-corrected chi connectivity index (χ4v) is 3.47. The van der Waals surface area contributed by atoms with E-state index in [9.17, 15) is 20.0 Å². The van der Waals surface area contributed by atoms with Crippen molar-refractivity contribution in [2.75, 3.05) is 20.8 Å². The topological polar surface area (TPSA) is 102 Å². The average Bonchev–Trinajstić information content (AvgIpc) is 2.64. The monoisotopic (exact) mass is 424 g/mol. The van der Waals surface area contributed by atoms with E-state index in [4.69, 9.17) is 32.7 Å². The van der Waals surface area contributed by atoms with Gasteiger partial charge in [-0.1, -0.05) is 23.2 Å². The summed E-state index contributed by atoms with van der Waals surface area (Å²) in [5, 5.41) is 20.3. The summed E-state index contributed by atoms with van der Waals surface area (Å²) in [6, 6.07) is 4.50. The standard InChI is InChI=1S/C19H18Cl2N2O5/c1-10-12(9-22)18(25)23(5-4-6-27-2)19(26)15(10)16(24)11-7-13(20)17(28-3)14(21)8-11/h7-8,26H,4-6H2,1-3H3. The fraction of sp³-hybridized carbons (Fsp3) is 0.316. The van der Waals surface area contributed by atoms with Crippen molar-refractivity contribution in [3.8, 4) is 17.7 Å². The van der Waals surface area contributed by atoms with Gasteiger partial charge in [-0.25, -0.2) is 0 Å². The molecule has 7 nitrogen and oxygen atoms in total. The number of hydrogen-bond acceptors (Lipinski definition) is 6. The maximum atomic E-state index is 13.1. The fourth-order valence-electron chi connectivity index (χ4n) is 2.83. The van der Waals surface area contributed by atoms with Gasteiger partial charge in [-0.15, -0.1) is 0 Å². The van der Waals surface area contributed by atoms with Crippen LogP contribution in [-0.4, -0.2) is 36.3 Å². The molecule has 1 heterocycles. The molecule has 0 fully saturated rings. The number of rotatable bonds is 7. The summed E-state index contributed by atoms with van der Waals surface area (Å²) in [4.78, 5) is 25.6. The lowest BCUT2D eigenvalue weighted by Crippen LogP contribution is -2.27. The van der Waals surface area contributed by atoms with E-state index in [1.807, 2.05) is 6.07 Å². The van der Waals surface area contributed by atoms with Crippen LogP contribution >= 0.6 is 23.2 Å². The third-order valence-electron chi connectivity index (χ3n) is 4.22. The van der Waals surface area contributed by atoms with Crippen molar-refractivity contribution in [2.45, 2.75) is 19.9 Å². The quantitative estimate of drug-likeness (QED) is 0.540. The van der Waals surface area contributed by atoms with Gasteiger partial charge < -0.3 is 14.6 Å². The molecule has 1 aromatic carbocycles. The molecule has 9 heteroatoms. The molecular formula is C19H18Cl2N2O5. The minimum atomic E-state index is -0.670. The van der Waals surface area contributed by atoms with Crippen molar-refractivity contribution in [3.63, 3.8) is 0 Å². The predicted molar refractivity (Wildman–Crippen MR) is 105 cm³/mol. The number of nitrogens with zero attached hydrogens (tertiary/aromatic N) is 2. The number of nitriles is 1. The highest BCUT2D eigenvalue weighted by Gasteiger charge is 2.26. The van der Waals surface area contributed by atoms with Gasteiger partial charge in [0.1, 0.15) is 11.6 Å². The molecule has 0 atom stereocenters. The number of ketones is 1. The number of aromatic hydroxyl groups is 1. The molecule has 0 saturated carbocycles. The van der Waals surface area contributed by atoms with E-state index in [1.165, 1.54) is 33.3 Å². The molecule has 148 valence electrons. The summed E-state index contributed by atoms with van der Waals surface area (Å²) < 4.78 is 11.0. The summed E-state index contributed by atoms with van der Waals surface area (Å²) in [7, 11) is 2.89. The number of hydrogen-bond donors (Lipinski definition) is 1. The first kappa shape index (κ1) is 21.8. The number of halogens is 2. The number of carbonyl (C=O) groups is 1. The SMILES string of the molecule is COCCCn1c(O)c(C(=O)c2cc(Cl)c(OC)c(Cl)c2)c(C)c(C#N)c1=O. The lowest BCUT2D eigenvalue weighted by atomic mass is 9.97. The minimum absolute atomic E-state index is 0.0812. The van der Waals surface area contributed by atoms with Crippen LogP contribution in [0, 0.1) is 18.3 Å². The van der Waals surface area contributed by atoms with Gasteiger partial charge >= 0.3 is 0 Å². The molecule has 1 N–H and O–H groups in total. The highest BCUT2D eigenvalue weighted by Crippen LogP contribution is 2.35. The van der Waals surface area contributed by atoms with Crippen LogP contribution in [0.4, 0.5) is 0 Å². The second-order valence-electron chi connectivity index (χ2n) is 5.92. The smallest absolute Gasteiger partial charge is 0.271 e. The summed E-state index contributed by atoms with van der Waals surface area (Å²) >= 11 is 12.2. The molecule has 1 aromatic heterocycles. The van der Waals surface area contributed by atoms with E-state index in [2.05, 4.69) is 0 Å². The molecule has 0 radical (unpaired) electrons. The van der Waals surface area contributed by atoms with Crippen LogP contribution in [0.2, 0.25) is 10.0 Å². The zero-order valence-corrected chi connectivity index (χ0v) is 17.0. The third-order valence-corrected chi connectivity index (χ3v) is 4.78. The molecule has 0 unspecified atom stereocenters. The van der Waals surface area contributed by atoms with Crippen LogP contribution in [0.5, 0.6) is 11.6 Å². The summed E-state index contributed by atoms with van der Waals surface area (Å²) in [6.45, 7) is 1.85. The van der Waals surface area contributed by atoms with E-state index < -0.39 is 17.2 Å². The normalized spacial score (nSPS) is 10.6. The van der Waals surface area contributed by atoms with Crippen molar-refractivity contribution in [1.29, 1.82) is 5.26 Å². The van der Waals surface area contributed by atoms with Crippen molar-refractivity contribution >= 4 is 29.0 Å². The van der Waals surface area contributed by atoms with Gasteiger partial charge in [0.2, 0.25) is 5.88 Å². The van der Waals surface area contributed by atoms with E-state index in [0.29, 0.717) is 13.0 Å². The van der Waals surface area contributed by atoms with Gasteiger partial charge in [-0.05, 0) is 31.0 Å². The Kier molecular flexibility index (Phi) is 7.08. The van der Waals surface area contributed by atoms with Gasteiger partial charge in [0.25, 0.3) is 5.56 Å². The van der Waals surface area contributed by atoms with Crippen molar-refractivity contribution in [2.24, 2.45) is 0 Å². The van der Waals surface area contributed by atoms with Crippen LogP contribution in [-0.2, 0) is 11.3 Å². The van der Waals surface area contributed by atoms with Gasteiger partial charge in [-0.2, -0.15) is 5.26 Å². The molecule has 28 heavy (non-hydrogen) atoms. The molecule has 0 amide bonds. The zero-order chi connectivity index (χ0) is 21.0. The van der Waals surface area contributed by atoms with Crippen LogP contribution in [0.15, 0.2) is 16.9 Å². The van der Waals surface area contributed by atoms with Crippen molar-refractivity contribution < 1.29 is 19.4 Å². The lowest BCUT2D eigenvalue weighted by molar-refractivity contribution is 0.103. The summed E-state index contributed by atoms with van der Waals surface area (Å²) in [5.74, 6) is -0.938. The predicted octanol–water partition coefficient (Wildman–Crippen LogP) is 3.32. The molecule has 0 aliphatic heterocycles. The number of ether oxygens (including phenoxy) is 2. The maximum Gasteiger partial charge on any atom is 0.271 e. The molecule has 0 spiro atoms. The molecular weight excluding hydrogens is 407 g/mol. The average molecular weight is 425 g/mol. The Morgan fingerprint density at radius 2 is 1.89 bits per heavy atom. The Morgan fingerprint density at radius 1 is 1.29 bits per heavy atom. The van der Waals surface area contributed by atoms with Gasteiger partial charge in [0.05, 0.1) is 22.7 Å². The number of aromatic nitrogens is 1. The molecule has 0 saturated heterocycles. The summed E-state index contributed by atoms with van der Waals surface area (Å²) in [5.41, 5.74) is -0.882. The second-order valence-corrected chi connectivity index (χ2v) is 6.73. The van der Waals surface area contributed by atoms with E-state index in [0.717, 1.165) is 4.57 Å². The number of methoxy groups -OCH3 is 2. The Balaban J connectivity index is 2.68. The lowest BCUT2D eigenvalue weighted by Gasteiger charge is -2.16. The largest absolute Gasteiger partial charge is 0.494 e. The molecule has 0 aliphatic rings. The number of benzene rings is 1. The molecule has 2 aromatic rings. The first-order valence-electron chi connectivity index (χ1n) is 8.21. The van der Waals surface area contributed by atoms with E-state index >= 15 is 0 Å². The Morgan fingerprint density at radius 3 is 2.39 bits per heavy atom. The third kappa shape index (κ3) is 3.99. The summed E-state index contributed by atoms with van der Waals surface area (Å²) in [6.07, 6.45) is 0.408. The van der Waals surface area contributed by atoms with Crippen molar-refractivity contribution in [1.82, 2.24) is 4.57 Å². The Bertz CT molecular complexity index is 1000. The minimum Gasteiger partial charge on any atom is -0.494 e. The van der Waals surface area contributed by atoms with E-state index in [-0.39, 0.29) is 44.6 Å². The molecule has 2 rings (SSSR count). The Labute approximate surface area is 171 Å². The molecule has 0 bridgehead atoms. The Hall–Kier alpha value is -2.53. The van der Waals surface area contributed by atoms with Gasteiger partial charge in [0.15, 0.2) is 11.5 Å². The molecule has 0 aliphatic carbocycles. The van der Waals surface area contributed by atoms with E-state index in [1.54, 1.807) is 0 Å².